The first kappa shape index (κ1) is 22.2. The van der Waals surface area contributed by atoms with Crippen LogP contribution in [0.25, 0.3) is 12.2 Å². The monoisotopic (exact) mass is 508 g/mol. The first-order valence-corrected chi connectivity index (χ1v) is 11.8. The molecular formula is C25H21BrN2O3S. The minimum atomic E-state index is -0.580. The van der Waals surface area contributed by atoms with Crippen molar-refractivity contribution in [2.45, 2.75) is 19.9 Å². The Morgan fingerprint density at radius 1 is 1.19 bits per heavy atom. The van der Waals surface area contributed by atoms with E-state index in [1.807, 2.05) is 66.7 Å². The smallest absolute Gasteiger partial charge is 0.338 e. The van der Waals surface area contributed by atoms with Gasteiger partial charge in [-0.2, -0.15) is 0 Å². The zero-order valence-corrected chi connectivity index (χ0v) is 20.0. The highest BCUT2D eigenvalue weighted by molar-refractivity contribution is 9.10. The number of halogens is 1. The van der Waals surface area contributed by atoms with Crippen LogP contribution in [-0.2, 0) is 9.53 Å². The Morgan fingerprint density at radius 2 is 1.91 bits per heavy atom. The van der Waals surface area contributed by atoms with Crippen LogP contribution in [-0.4, -0.2) is 17.1 Å². The fraction of sp³-hybridized carbons (Fsp3) is 0.160. The summed E-state index contributed by atoms with van der Waals surface area (Å²) in [7, 11) is 0. The van der Waals surface area contributed by atoms with Gasteiger partial charge in [-0.15, -0.1) is 0 Å². The summed E-state index contributed by atoms with van der Waals surface area (Å²) in [5.74, 6) is -0.452. The molecule has 5 nitrogen and oxygen atoms in total. The van der Waals surface area contributed by atoms with Gasteiger partial charge in [0.25, 0.3) is 5.56 Å². The Hall–Kier alpha value is -3.03. The number of hydrogen-bond acceptors (Lipinski definition) is 5. The van der Waals surface area contributed by atoms with Crippen molar-refractivity contribution in [2.24, 2.45) is 4.99 Å². The van der Waals surface area contributed by atoms with Gasteiger partial charge in [0.1, 0.15) is 0 Å². The second-order valence-corrected chi connectivity index (χ2v) is 9.07. The van der Waals surface area contributed by atoms with Crippen LogP contribution in [0.3, 0.4) is 0 Å². The van der Waals surface area contributed by atoms with Gasteiger partial charge < -0.3 is 4.74 Å². The molecule has 0 amide bonds. The molecule has 2 aromatic carbocycles. The summed E-state index contributed by atoms with van der Waals surface area (Å²) in [6.07, 6.45) is 5.58. The Kier molecular flexibility index (Phi) is 6.67. The van der Waals surface area contributed by atoms with Gasteiger partial charge in [0.2, 0.25) is 0 Å². The van der Waals surface area contributed by atoms with Crippen molar-refractivity contribution in [1.29, 1.82) is 0 Å². The van der Waals surface area contributed by atoms with Crippen molar-refractivity contribution in [1.82, 2.24) is 4.57 Å². The third kappa shape index (κ3) is 4.45. The number of carbonyl (C=O) groups is 1. The molecule has 1 unspecified atom stereocenters. The molecule has 0 bridgehead atoms. The average molecular weight is 509 g/mol. The second-order valence-electron chi connectivity index (χ2n) is 7.15. The van der Waals surface area contributed by atoms with E-state index in [1.54, 1.807) is 24.5 Å². The largest absolute Gasteiger partial charge is 0.463 e. The number of rotatable bonds is 5. The summed E-state index contributed by atoms with van der Waals surface area (Å²) >= 11 is 4.74. The molecule has 3 aromatic rings. The minimum Gasteiger partial charge on any atom is -0.463 e. The van der Waals surface area contributed by atoms with Crippen molar-refractivity contribution >= 4 is 45.4 Å². The molecule has 162 valence electrons. The van der Waals surface area contributed by atoms with Gasteiger partial charge in [-0.3, -0.25) is 9.36 Å². The summed E-state index contributed by atoms with van der Waals surface area (Å²) in [4.78, 5) is 31.3. The van der Waals surface area contributed by atoms with Crippen molar-refractivity contribution in [3.63, 3.8) is 0 Å². The molecule has 0 saturated carbocycles. The standard InChI is InChI=1S/C25H21BrN2O3S/c1-3-31-24(30)21-16(2)27-25-28(22(21)18-9-5-4-6-10-18)23(29)20(32-25)11-7-8-17-12-14-19(26)15-13-17/h4-15,22H,3H2,1-2H3/b8-7+,20-11+. The van der Waals surface area contributed by atoms with Gasteiger partial charge >= 0.3 is 5.97 Å². The fourth-order valence-corrected chi connectivity index (χ4v) is 4.84. The third-order valence-electron chi connectivity index (χ3n) is 5.04. The maximum absolute atomic E-state index is 13.4. The van der Waals surface area contributed by atoms with Crippen molar-refractivity contribution in [3.05, 3.63) is 107 Å². The molecule has 7 heteroatoms. The van der Waals surface area contributed by atoms with Gasteiger partial charge in [-0.25, -0.2) is 9.79 Å². The lowest BCUT2D eigenvalue weighted by Crippen LogP contribution is -2.39. The lowest BCUT2D eigenvalue weighted by Gasteiger charge is -2.24. The Morgan fingerprint density at radius 3 is 2.59 bits per heavy atom. The zero-order chi connectivity index (χ0) is 22.7. The highest BCUT2D eigenvalue weighted by atomic mass is 79.9. The summed E-state index contributed by atoms with van der Waals surface area (Å²) in [5.41, 5.74) is 2.64. The van der Waals surface area contributed by atoms with E-state index >= 15 is 0 Å². The van der Waals surface area contributed by atoms with Gasteiger partial charge in [-0.05, 0) is 43.2 Å². The van der Waals surface area contributed by atoms with E-state index in [0.29, 0.717) is 20.6 Å². The summed E-state index contributed by atoms with van der Waals surface area (Å²) in [6, 6.07) is 16.8. The normalized spacial score (nSPS) is 16.2. The third-order valence-corrected chi connectivity index (χ3v) is 6.57. The van der Waals surface area contributed by atoms with Crippen LogP contribution in [0.2, 0.25) is 0 Å². The van der Waals surface area contributed by atoms with Crippen LogP contribution in [0.5, 0.6) is 0 Å². The Bertz CT molecular complexity index is 1380. The molecule has 32 heavy (non-hydrogen) atoms. The lowest BCUT2D eigenvalue weighted by molar-refractivity contribution is -0.139. The molecule has 1 aliphatic heterocycles. The lowest BCUT2D eigenvalue weighted by atomic mass is 9.96. The van der Waals surface area contributed by atoms with Crippen LogP contribution >= 0.6 is 27.3 Å². The van der Waals surface area contributed by atoms with E-state index in [4.69, 9.17) is 4.74 Å². The molecular weight excluding hydrogens is 488 g/mol. The van der Waals surface area contributed by atoms with Crippen LogP contribution in [0.1, 0.15) is 31.0 Å². The molecule has 1 aromatic heterocycles. The SMILES string of the molecule is CCOC(=O)C1=C(C)N=c2s/c(=C/C=C/c3ccc(Br)cc3)c(=O)n2C1c1ccccc1. The van der Waals surface area contributed by atoms with E-state index in [0.717, 1.165) is 15.6 Å². The van der Waals surface area contributed by atoms with Crippen LogP contribution in [0.4, 0.5) is 0 Å². The molecule has 0 fully saturated rings. The molecule has 1 atom stereocenters. The number of esters is 1. The van der Waals surface area contributed by atoms with Gasteiger partial charge in [0, 0.05) is 4.47 Å². The summed E-state index contributed by atoms with van der Waals surface area (Å²) < 4.78 is 8.45. The minimum absolute atomic E-state index is 0.183. The fourth-order valence-electron chi connectivity index (χ4n) is 3.58. The maximum Gasteiger partial charge on any atom is 0.338 e. The summed E-state index contributed by atoms with van der Waals surface area (Å²) in [5, 5.41) is 0. The van der Waals surface area contributed by atoms with Gasteiger partial charge in [0.15, 0.2) is 4.80 Å². The molecule has 0 aliphatic carbocycles. The number of hydrogen-bond donors (Lipinski definition) is 0. The number of ether oxygens (including phenoxy) is 1. The number of fused-ring (bicyclic) bond motifs is 1. The molecule has 0 N–H and O–H groups in total. The molecule has 0 radical (unpaired) electrons. The first-order valence-electron chi connectivity index (χ1n) is 10.2. The van der Waals surface area contributed by atoms with E-state index < -0.39 is 12.0 Å². The van der Waals surface area contributed by atoms with E-state index in [-0.39, 0.29) is 12.2 Å². The average Bonchev–Trinajstić information content (AvgIpc) is 3.09. The predicted molar refractivity (Wildman–Crippen MR) is 131 cm³/mol. The van der Waals surface area contributed by atoms with Crippen LogP contribution < -0.4 is 14.9 Å². The van der Waals surface area contributed by atoms with E-state index in [1.165, 1.54) is 11.3 Å². The Balaban J connectivity index is 1.83. The van der Waals surface area contributed by atoms with Crippen molar-refractivity contribution in [3.8, 4) is 0 Å². The number of benzene rings is 2. The first-order chi connectivity index (χ1) is 15.5. The molecule has 2 heterocycles. The van der Waals surface area contributed by atoms with Gasteiger partial charge in [-0.1, -0.05) is 81.9 Å². The van der Waals surface area contributed by atoms with E-state index in [9.17, 15) is 9.59 Å². The number of carbonyl (C=O) groups excluding carboxylic acids is 1. The molecule has 1 aliphatic rings. The zero-order valence-electron chi connectivity index (χ0n) is 17.6. The number of aromatic nitrogens is 1. The molecule has 0 spiro atoms. The van der Waals surface area contributed by atoms with Crippen LogP contribution in [0, 0.1) is 0 Å². The molecule has 0 saturated heterocycles. The topological polar surface area (TPSA) is 60.7 Å². The van der Waals surface area contributed by atoms with E-state index in [2.05, 4.69) is 20.9 Å². The van der Waals surface area contributed by atoms with Crippen molar-refractivity contribution in [2.75, 3.05) is 6.61 Å². The Labute approximate surface area is 197 Å². The number of nitrogens with zero attached hydrogens (tertiary/aromatic N) is 2. The summed E-state index contributed by atoms with van der Waals surface area (Å²) in [6.45, 7) is 3.80. The predicted octanol–water partition coefficient (Wildman–Crippen LogP) is 4.23. The van der Waals surface area contributed by atoms with Crippen molar-refractivity contribution < 1.29 is 9.53 Å². The quantitative estimate of drug-likeness (QED) is 0.484. The number of allylic oxidation sites excluding steroid dienone is 2. The highest BCUT2D eigenvalue weighted by Gasteiger charge is 2.33. The van der Waals surface area contributed by atoms with Crippen LogP contribution in [0.15, 0.2) is 86.2 Å². The second kappa shape index (κ2) is 9.63. The maximum atomic E-state index is 13.4. The number of thiazole rings is 1. The highest BCUT2D eigenvalue weighted by Crippen LogP contribution is 2.30. The van der Waals surface area contributed by atoms with Gasteiger partial charge in [0.05, 0.1) is 28.5 Å². The molecule has 4 rings (SSSR count).